The summed E-state index contributed by atoms with van der Waals surface area (Å²) in [6, 6.07) is 17.7. The van der Waals surface area contributed by atoms with Crippen LogP contribution in [0.25, 0.3) is 6.08 Å². The number of rotatable bonds is 9. The Balaban J connectivity index is 1.96. The molecule has 0 heterocycles. The number of hydrogen-bond donors (Lipinski definition) is 2. The van der Waals surface area contributed by atoms with Crippen molar-refractivity contribution < 1.29 is 9.59 Å². The van der Waals surface area contributed by atoms with E-state index in [9.17, 15) is 9.59 Å². The molecule has 0 aliphatic carbocycles. The molecule has 0 aliphatic rings. The monoisotopic (exact) mass is 379 g/mol. The lowest BCUT2D eigenvalue weighted by atomic mass is 10.1. The average Bonchev–Trinajstić information content (AvgIpc) is 2.71. The van der Waals surface area contributed by atoms with Gasteiger partial charge in [-0.3, -0.25) is 14.5 Å². The highest BCUT2D eigenvalue weighted by molar-refractivity contribution is 5.92. The summed E-state index contributed by atoms with van der Waals surface area (Å²) in [7, 11) is 0. The Kier molecular flexibility index (Phi) is 8.43. The van der Waals surface area contributed by atoms with Gasteiger partial charge in [0.25, 0.3) is 0 Å². The van der Waals surface area contributed by atoms with Crippen LogP contribution in [-0.2, 0) is 9.59 Å². The number of carbonyl (C=O) groups is 2. The van der Waals surface area contributed by atoms with E-state index in [0.717, 1.165) is 24.3 Å². The maximum absolute atomic E-state index is 12.3. The molecule has 2 amide bonds. The lowest BCUT2D eigenvalue weighted by molar-refractivity contribution is -0.116. The number of amides is 2. The second kappa shape index (κ2) is 11.0. The number of likely N-dealkylation sites (N-methyl/N-ethyl adjacent to an activating group) is 1. The standard InChI is InChI=1S/C23H29N3O2/c1-4-26(5-2)22(20-9-7-6-8-10-20)17-24-23(28)16-13-19-11-14-21(15-12-19)25-18(3)27/h6-16,22H,4-5,17H2,1-3H3,(H,24,28)(H,25,27). The highest BCUT2D eigenvalue weighted by atomic mass is 16.2. The van der Waals surface area contributed by atoms with E-state index >= 15 is 0 Å². The van der Waals surface area contributed by atoms with Gasteiger partial charge in [0.05, 0.1) is 6.04 Å². The van der Waals surface area contributed by atoms with E-state index in [1.54, 1.807) is 6.08 Å². The molecule has 0 radical (unpaired) electrons. The average molecular weight is 380 g/mol. The van der Waals surface area contributed by atoms with Crippen LogP contribution in [0.2, 0.25) is 0 Å². The Labute approximate surface area is 167 Å². The first-order valence-electron chi connectivity index (χ1n) is 9.66. The van der Waals surface area contributed by atoms with E-state index in [-0.39, 0.29) is 17.9 Å². The highest BCUT2D eigenvalue weighted by Crippen LogP contribution is 2.19. The van der Waals surface area contributed by atoms with Gasteiger partial charge in [-0.25, -0.2) is 0 Å². The van der Waals surface area contributed by atoms with Crippen molar-refractivity contribution in [3.8, 4) is 0 Å². The van der Waals surface area contributed by atoms with Crippen LogP contribution >= 0.6 is 0 Å². The molecule has 148 valence electrons. The number of hydrogen-bond acceptors (Lipinski definition) is 3. The van der Waals surface area contributed by atoms with E-state index < -0.39 is 0 Å². The normalized spacial score (nSPS) is 12.1. The molecule has 0 spiro atoms. The van der Waals surface area contributed by atoms with E-state index in [2.05, 4.69) is 41.5 Å². The van der Waals surface area contributed by atoms with Crippen LogP contribution in [0.5, 0.6) is 0 Å². The van der Waals surface area contributed by atoms with Crippen molar-refractivity contribution in [1.29, 1.82) is 0 Å². The molecule has 0 aliphatic heterocycles. The van der Waals surface area contributed by atoms with Crippen LogP contribution in [0.15, 0.2) is 60.7 Å². The van der Waals surface area contributed by atoms with Gasteiger partial charge < -0.3 is 10.6 Å². The van der Waals surface area contributed by atoms with Crippen molar-refractivity contribution in [2.45, 2.75) is 26.8 Å². The van der Waals surface area contributed by atoms with Crippen molar-refractivity contribution in [3.63, 3.8) is 0 Å². The van der Waals surface area contributed by atoms with E-state index in [1.807, 2.05) is 42.5 Å². The minimum atomic E-state index is -0.126. The highest BCUT2D eigenvalue weighted by Gasteiger charge is 2.18. The Bertz CT molecular complexity index is 781. The van der Waals surface area contributed by atoms with E-state index in [0.29, 0.717) is 6.54 Å². The van der Waals surface area contributed by atoms with Gasteiger partial charge in [-0.15, -0.1) is 0 Å². The summed E-state index contributed by atoms with van der Waals surface area (Å²) in [6.07, 6.45) is 3.31. The zero-order valence-electron chi connectivity index (χ0n) is 16.8. The number of carbonyl (C=O) groups excluding carboxylic acids is 2. The largest absolute Gasteiger partial charge is 0.351 e. The second-order valence-electron chi connectivity index (χ2n) is 6.53. The van der Waals surface area contributed by atoms with Gasteiger partial charge in [0.1, 0.15) is 0 Å². The Morgan fingerprint density at radius 2 is 1.64 bits per heavy atom. The molecule has 1 atom stereocenters. The molecule has 1 unspecified atom stereocenters. The van der Waals surface area contributed by atoms with Crippen molar-refractivity contribution >= 4 is 23.6 Å². The fourth-order valence-electron chi connectivity index (χ4n) is 3.11. The Hall–Kier alpha value is -2.92. The van der Waals surface area contributed by atoms with Crippen LogP contribution in [0.3, 0.4) is 0 Å². The molecule has 5 nitrogen and oxygen atoms in total. The van der Waals surface area contributed by atoms with E-state index in [1.165, 1.54) is 18.6 Å². The molecule has 2 N–H and O–H groups in total. The molecular weight excluding hydrogens is 350 g/mol. The molecule has 0 saturated carbocycles. The summed E-state index contributed by atoms with van der Waals surface area (Å²) in [6.45, 7) is 8.12. The fraction of sp³-hybridized carbons (Fsp3) is 0.304. The van der Waals surface area contributed by atoms with Crippen LogP contribution < -0.4 is 10.6 Å². The first kappa shape index (κ1) is 21.4. The van der Waals surface area contributed by atoms with Gasteiger partial charge in [-0.05, 0) is 42.4 Å². The number of nitrogens with zero attached hydrogens (tertiary/aromatic N) is 1. The van der Waals surface area contributed by atoms with E-state index in [4.69, 9.17) is 0 Å². The summed E-state index contributed by atoms with van der Waals surface area (Å²) < 4.78 is 0. The quantitative estimate of drug-likeness (QED) is 0.651. The van der Waals surface area contributed by atoms with Gasteiger partial charge in [0, 0.05) is 25.2 Å². The Morgan fingerprint density at radius 3 is 2.21 bits per heavy atom. The maximum Gasteiger partial charge on any atom is 0.244 e. The summed E-state index contributed by atoms with van der Waals surface area (Å²) >= 11 is 0. The minimum absolute atomic E-state index is 0.108. The smallest absolute Gasteiger partial charge is 0.244 e. The molecule has 28 heavy (non-hydrogen) atoms. The summed E-state index contributed by atoms with van der Waals surface area (Å²) in [5.74, 6) is -0.233. The lowest BCUT2D eigenvalue weighted by Crippen LogP contribution is -2.37. The van der Waals surface area contributed by atoms with Crippen LogP contribution in [0, 0.1) is 0 Å². The van der Waals surface area contributed by atoms with Crippen molar-refractivity contribution in [3.05, 3.63) is 71.8 Å². The lowest BCUT2D eigenvalue weighted by Gasteiger charge is -2.30. The zero-order chi connectivity index (χ0) is 20.4. The SMILES string of the molecule is CCN(CC)C(CNC(=O)C=Cc1ccc(NC(C)=O)cc1)c1ccccc1. The molecule has 0 bridgehead atoms. The molecule has 0 fully saturated rings. The second-order valence-corrected chi connectivity index (χ2v) is 6.53. The van der Waals surface area contributed by atoms with Crippen molar-refractivity contribution in [2.24, 2.45) is 0 Å². The molecule has 0 aromatic heterocycles. The first-order valence-corrected chi connectivity index (χ1v) is 9.66. The molecule has 0 saturated heterocycles. The van der Waals surface area contributed by atoms with Crippen LogP contribution in [0.4, 0.5) is 5.69 Å². The topological polar surface area (TPSA) is 61.4 Å². The fourth-order valence-corrected chi connectivity index (χ4v) is 3.11. The predicted molar refractivity (Wildman–Crippen MR) is 115 cm³/mol. The van der Waals surface area contributed by atoms with Crippen molar-refractivity contribution in [1.82, 2.24) is 10.2 Å². The Morgan fingerprint density at radius 1 is 1.00 bits per heavy atom. The zero-order valence-corrected chi connectivity index (χ0v) is 16.8. The van der Waals surface area contributed by atoms with Gasteiger partial charge in [0.2, 0.25) is 11.8 Å². The number of nitrogens with one attached hydrogen (secondary N) is 2. The summed E-state index contributed by atoms with van der Waals surface area (Å²) in [5.41, 5.74) is 2.83. The molecule has 2 rings (SSSR count). The third kappa shape index (κ3) is 6.67. The molecule has 2 aromatic carbocycles. The van der Waals surface area contributed by atoms with Gasteiger partial charge in [-0.1, -0.05) is 56.3 Å². The molecule has 5 heteroatoms. The number of benzene rings is 2. The van der Waals surface area contributed by atoms with Crippen LogP contribution in [0.1, 0.15) is 37.9 Å². The van der Waals surface area contributed by atoms with Crippen molar-refractivity contribution in [2.75, 3.05) is 25.0 Å². The minimum Gasteiger partial charge on any atom is -0.351 e. The number of anilines is 1. The van der Waals surface area contributed by atoms with Gasteiger partial charge >= 0.3 is 0 Å². The predicted octanol–water partition coefficient (Wildman–Crippen LogP) is 3.86. The first-order chi connectivity index (χ1) is 13.5. The van der Waals surface area contributed by atoms with Crippen LogP contribution in [-0.4, -0.2) is 36.3 Å². The van der Waals surface area contributed by atoms with Gasteiger partial charge in [0.15, 0.2) is 0 Å². The molecular formula is C23H29N3O2. The summed E-state index contributed by atoms with van der Waals surface area (Å²) in [5, 5.41) is 5.73. The maximum atomic E-state index is 12.3. The third-order valence-electron chi connectivity index (χ3n) is 4.57. The molecule has 2 aromatic rings. The third-order valence-corrected chi connectivity index (χ3v) is 4.57. The summed E-state index contributed by atoms with van der Waals surface area (Å²) in [4.78, 5) is 25.7. The van der Waals surface area contributed by atoms with Gasteiger partial charge in [-0.2, -0.15) is 0 Å².